The smallest absolute Gasteiger partial charge is 0.224 e. The van der Waals surface area contributed by atoms with Crippen LogP contribution in [0.4, 0.5) is 5.82 Å². The first-order valence-corrected chi connectivity index (χ1v) is 5.82. The molecule has 0 aliphatic rings. The van der Waals surface area contributed by atoms with Crippen molar-refractivity contribution in [2.24, 2.45) is 0 Å². The first kappa shape index (κ1) is 11.3. The topological polar surface area (TPSA) is 55.6 Å². The Bertz CT molecular complexity index is 459. The standard InChI is InChI=1S/C9H9BrClN5/c10-7-6-13-9(11)15-8(7)12-3-5-16-4-1-2-14-16/h1-2,4,6H,3,5H2,(H,12,13,15). The molecule has 16 heavy (non-hydrogen) atoms. The van der Waals surface area contributed by atoms with E-state index in [4.69, 9.17) is 11.6 Å². The lowest BCUT2D eigenvalue weighted by molar-refractivity contribution is 0.637. The van der Waals surface area contributed by atoms with Crippen molar-refractivity contribution in [2.75, 3.05) is 11.9 Å². The molecule has 0 aromatic carbocycles. The maximum atomic E-state index is 5.69. The summed E-state index contributed by atoms with van der Waals surface area (Å²) in [6.45, 7) is 1.48. The van der Waals surface area contributed by atoms with Gasteiger partial charge in [-0.1, -0.05) is 0 Å². The normalized spacial score (nSPS) is 10.4. The number of halogens is 2. The highest BCUT2D eigenvalue weighted by Crippen LogP contribution is 2.19. The van der Waals surface area contributed by atoms with Crippen molar-refractivity contribution in [1.29, 1.82) is 0 Å². The molecule has 0 spiro atoms. The van der Waals surface area contributed by atoms with E-state index in [1.165, 1.54) is 0 Å². The second-order valence-electron chi connectivity index (χ2n) is 3.03. The van der Waals surface area contributed by atoms with Crippen molar-refractivity contribution in [3.63, 3.8) is 0 Å². The Morgan fingerprint density at radius 1 is 1.50 bits per heavy atom. The predicted molar refractivity (Wildman–Crippen MR) is 65.5 cm³/mol. The number of anilines is 1. The number of aromatic nitrogens is 4. The van der Waals surface area contributed by atoms with Gasteiger partial charge in [0.15, 0.2) is 0 Å². The third-order valence-electron chi connectivity index (χ3n) is 1.91. The first-order valence-electron chi connectivity index (χ1n) is 4.65. The molecule has 84 valence electrons. The molecule has 0 saturated carbocycles. The lowest BCUT2D eigenvalue weighted by Crippen LogP contribution is -2.12. The summed E-state index contributed by atoms with van der Waals surface area (Å²) in [6, 6.07) is 1.89. The van der Waals surface area contributed by atoms with E-state index in [-0.39, 0.29) is 5.28 Å². The summed E-state index contributed by atoms with van der Waals surface area (Å²) in [5, 5.41) is 7.47. The van der Waals surface area contributed by atoms with Crippen molar-refractivity contribution in [1.82, 2.24) is 19.7 Å². The number of rotatable bonds is 4. The summed E-state index contributed by atoms with van der Waals surface area (Å²) in [5.41, 5.74) is 0. The molecule has 2 heterocycles. The highest BCUT2D eigenvalue weighted by Gasteiger charge is 2.02. The lowest BCUT2D eigenvalue weighted by Gasteiger charge is -2.07. The number of hydrogen-bond donors (Lipinski definition) is 1. The molecule has 0 aliphatic carbocycles. The molecule has 0 bridgehead atoms. The van der Waals surface area contributed by atoms with E-state index in [9.17, 15) is 0 Å². The molecular formula is C9H9BrClN5. The quantitative estimate of drug-likeness (QED) is 0.880. The Labute approximate surface area is 106 Å². The molecule has 5 nitrogen and oxygen atoms in total. The van der Waals surface area contributed by atoms with Gasteiger partial charge in [0.05, 0.1) is 11.0 Å². The minimum atomic E-state index is 0.227. The first-order chi connectivity index (χ1) is 7.75. The van der Waals surface area contributed by atoms with Crippen molar-refractivity contribution < 1.29 is 0 Å². The molecule has 0 aliphatic heterocycles. The van der Waals surface area contributed by atoms with Crippen LogP contribution in [0.5, 0.6) is 0 Å². The third kappa shape index (κ3) is 2.93. The highest BCUT2D eigenvalue weighted by molar-refractivity contribution is 9.10. The summed E-state index contributed by atoms with van der Waals surface area (Å²) in [7, 11) is 0. The monoisotopic (exact) mass is 301 g/mol. The van der Waals surface area contributed by atoms with E-state index in [1.807, 2.05) is 16.9 Å². The third-order valence-corrected chi connectivity index (χ3v) is 2.67. The van der Waals surface area contributed by atoms with Crippen LogP contribution in [0.2, 0.25) is 5.28 Å². The molecule has 0 amide bonds. The molecule has 0 saturated heterocycles. The van der Waals surface area contributed by atoms with Crippen LogP contribution in [0.1, 0.15) is 0 Å². The van der Waals surface area contributed by atoms with Gasteiger partial charge < -0.3 is 5.32 Å². The maximum Gasteiger partial charge on any atom is 0.224 e. The zero-order valence-electron chi connectivity index (χ0n) is 8.27. The molecular weight excluding hydrogens is 293 g/mol. The van der Waals surface area contributed by atoms with E-state index in [2.05, 4.69) is 36.3 Å². The van der Waals surface area contributed by atoms with Gasteiger partial charge >= 0.3 is 0 Å². The van der Waals surface area contributed by atoms with Gasteiger partial charge in [-0.3, -0.25) is 4.68 Å². The molecule has 0 fully saturated rings. The molecule has 2 aromatic heterocycles. The van der Waals surface area contributed by atoms with E-state index in [1.54, 1.807) is 12.4 Å². The second kappa shape index (κ2) is 5.27. The van der Waals surface area contributed by atoms with Crippen LogP contribution in [0.15, 0.2) is 29.1 Å². The SMILES string of the molecule is Clc1ncc(Br)c(NCCn2cccn2)n1. The average molecular weight is 303 g/mol. The largest absolute Gasteiger partial charge is 0.367 e. The summed E-state index contributed by atoms with van der Waals surface area (Å²) < 4.78 is 2.63. The zero-order chi connectivity index (χ0) is 11.4. The van der Waals surface area contributed by atoms with E-state index in [0.717, 1.165) is 11.0 Å². The Kier molecular flexibility index (Phi) is 3.74. The van der Waals surface area contributed by atoms with Gasteiger partial charge in [0, 0.05) is 25.1 Å². The molecule has 2 aromatic rings. The van der Waals surface area contributed by atoms with Gasteiger partial charge in [0.1, 0.15) is 5.82 Å². The fourth-order valence-electron chi connectivity index (χ4n) is 1.19. The second-order valence-corrected chi connectivity index (χ2v) is 4.22. The zero-order valence-corrected chi connectivity index (χ0v) is 10.6. The van der Waals surface area contributed by atoms with Crippen LogP contribution in [-0.4, -0.2) is 26.3 Å². The van der Waals surface area contributed by atoms with Crippen LogP contribution < -0.4 is 5.32 Å². The lowest BCUT2D eigenvalue weighted by atomic mass is 10.5. The minimum Gasteiger partial charge on any atom is -0.367 e. The highest BCUT2D eigenvalue weighted by atomic mass is 79.9. The van der Waals surface area contributed by atoms with Crippen molar-refractivity contribution >= 4 is 33.3 Å². The van der Waals surface area contributed by atoms with Gasteiger partial charge in [-0.15, -0.1) is 0 Å². The average Bonchev–Trinajstić information content (AvgIpc) is 2.76. The number of nitrogens with one attached hydrogen (secondary N) is 1. The van der Waals surface area contributed by atoms with Crippen LogP contribution in [0, 0.1) is 0 Å². The summed E-state index contributed by atoms with van der Waals surface area (Å²) >= 11 is 9.04. The molecule has 0 unspecified atom stereocenters. The van der Waals surface area contributed by atoms with Crippen LogP contribution in [0.3, 0.4) is 0 Å². The van der Waals surface area contributed by atoms with Crippen LogP contribution >= 0.6 is 27.5 Å². The summed E-state index contributed by atoms with van der Waals surface area (Å²) in [4.78, 5) is 7.91. The number of hydrogen-bond acceptors (Lipinski definition) is 4. The van der Waals surface area contributed by atoms with Gasteiger partial charge in [0.25, 0.3) is 0 Å². The summed E-state index contributed by atoms with van der Waals surface area (Å²) in [5.74, 6) is 0.687. The van der Waals surface area contributed by atoms with Gasteiger partial charge in [0.2, 0.25) is 5.28 Å². The van der Waals surface area contributed by atoms with Gasteiger partial charge in [-0.05, 0) is 33.6 Å². The van der Waals surface area contributed by atoms with Gasteiger partial charge in [-0.25, -0.2) is 4.98 Å². The summed E-state index contributed by atoms with van der Waals surface area (Å²) in [6.07, 6.45) is 5.27. The van der Waals surface area contributed by atoms with Crippen molar-refractivity contribution in [2.45, 2.75) is 6.54 Å². The molecule has 7 heteroatoms. The van der Waals surface area contributed by atoms with E-state index in [0.29, 0.717) is 12.4 Å². The predicted octanol–water partition coefficient (Wildman–Crippen LogP) is 2.20. The molecule has 2 rings (SSSR count). The maximum absolute atomic E-state index is 5.69. The van der Waals surface area contributed by atoms with Crippen LogP contribution in [-0.2, 0) is 6.54 Å². The fraction of sp³-hybridized carbons (Fsp3) is 0.222. The molecule has 0 radical (unpaired) electrons. The Morgan fingerprint density at radius 2 is 2.38 bits per heavy atom. The number of nitrogens with zero attached hydrogens (tertiary/aromatic N) is 4. The Morgan fingerprint density at radius 3 is 3.12 bits per heavy atom. The Hall–Kier alpha value is -1.14. The van der Waals surface area contributed by atoms with E-state index < -0.39 is 0 Å². The Balaban J connectivity index is 1.92. The fourth-order valence-corrected chi connectivity index (χ4v) is 1.66. The molecule has 1 N–H and O–H groups in total. The van der Waals surface area contributed by atoms with Crippen LogP contribution in [0.25, 0.3) is 0 Å². The van der Waals surface area contributed by atoms with E-state index >= 15 is 0 Å². The van der Waals surface area contributed by atoms with Crippen molar-refractivity contribution in [3.05, 3.63) is 34.4 Å². The molecule has 0 atom stereocenters. The minimum absolute atomic E-state index is 0.227. The van der Waals surface area contributed by atoms with Gasteiger partial charge in [-0.2, -0.15) is 10.1 Å². The van der Waals surface area contributed by atoms with Crippen molar-refractivity contribution in [3.8, 4) is 0 Å².